The Bertz CT molecular complexity index is 728. The number of hydrogen-bond acceptors (Lipinski definition) is 5. The van der Waals surface area contributed by atoms with Gasteiger partial charge in [0.05, 0.1) is 5.92 Å². The van der Waals surface area contributed by atoms with Crippen LogP contribution in [0.2, 0.25) is 0 Å². The number of piperidine rings is 1. The molecular formula is C18H25N5O3. The second kappa shape index (κ2) is 7.01. The van der Waals surface area contributed by atoms with Crippen LogP contribution >= 0.6 is 0 Å². The molecule has 1 aromatic rings. The van der Waals surface area contributed by atoms with E-state index in [1.54, 1.807) is 36.9 Å². The van der Waals surface area contributed by atoms with Gasteiger partial charge in [-0.3, -0.25) is 14.4 Å². The summed E-state index contributed by atoms with van der Waals surface area (Å²) in [5, 5.41) is 0. The fourth-order valence-corrected chi connectivity index (χ4v) is 3.69. The molecule has 4 rings (SSSR count). The number of carbonyl (C=O) groups is 3. The average Bonchev–Trinajstić information content (AvgIpc) is 2.86. The van der Waals surface area contributed by atoms with Crippen LogP contribution in [0.5, 0.6) is 0 Å². The first kappa shape index (κ1) is 18.3. The predicted molar refractivity (Wildman–Crippen MR) is 94.3 cm³/mol. The molecule has 0 radical (unpaired) electrons. The van der Waals surface area contributed by atoms with Gasteiger partial charge in [0.25, 0.3) is 5.91 Å². The van der Waals surface area contributed by atoms with Gasteiger partial charge in [-0.1, -0.05) is 0 Å². The predicted octanol–water partition coefficient (Wildman–Crippen LogP) is 0.245. The first-order valence-corrected chi connectivity index (χ1v) is 8.88. The normalized spacial score (nSPS) is 22.4. The van der Waals surface area contributed by atoms with E-state index in [9.17, 15) is 14.4 Å². The topological polar surface area (TPSA) is 86.7 Å². The molecule has 8 nitrogen and oxygen atoms in total. The Balaban J connectivity index is 1.81. The minimum atomic E-state index is -0.253. The number of aromatic nitrogens is 2. The Morgan fingerprint density at radius 2 is 1.92 bits per heavy atom. The molecule has 0 aromatic carbocycles. The maximum Gasteiger partial charge on any atom is 0.272 e. The van der Waals surface area contributed by atoms with E-state index >= 15 is 0 Å². The van der Waals surface area contributed by atoms with Crippen LogP contribution in [0.4, 0.5) is 0 Å². The van der Waals surface area contributed by atoms with Gasteiger partial charge in [-0.25, -0.2) is 9.97 Å². The number of hydrogen-bond donors (Lipinski definition) is 0. The van der Waals surface area contributed by atoms with Crippen LogP contribution in [0, 0.1) is 19.8 Å². The van der Waals surface area contributed by atoms with Crippen molar-refractivity contribution < 1.29 is 14.4 Å². The van der Waals surface area contributed by atoms with Gasteiger partial charge in [0, 0.05) is 38.9 Å². The van der Waals surface area contributed by atoms with E-state index in [4.69, 9.17) is 0 Å². The Morgan fingerprint density at radius 3 is 2.58 bits per heavy atom. The van der Waals surface area contributed by atoms with Crippen molar-refractivity contribution in [2.45, 2.75) is 32.7 Å². The van der Waals surface area contributed by atoms with E-state index in [1.807, 2.05) is 6.92 Å². The van der Waals surface area contributed by atoms with Gasteiger partial charge in [-0.2, -0.15) is 0 Å². The van der Waals surface area contributed by atoms with Gasteiger partial charge >= 0.3 is 0 Å². The zero-order valence-electron chi connectivity index (χ0n) is 15.7. The third kappa shape index (κ3) is 3.54. The number of carbonyl (C=O) groups excluding carboxylic acids is 3. The molecule has 3 saturated heterocycles. The number of nitrogens with zero attached hydrogens (tertiary/aromatic N) is 5. The number of aryl methyl sites for hydroxylation is 2. The lowest BCUT2D eigenvalue weighted by Gasteiger charge is -2.35. The maximum atomic E-state index is 13.0. The summed E-state index contributed by atoms with van der Waals surface area (Å²) in [4.78, 5) is 51.1. The van der Waals surface area contributed by atoms with E-state index in [0.717, 1.165) is 18.5 Å². The van der Waals surface area contributed by atoms with Gasteiger partial charge < -0.3 is 14.7 Å². The van der Waals surface area contributed by atoms with Crippen LogP contribution < -0.4 is 0 Å². The van der Waals surface area contributed by atoms with Crippen LogP contribution in [-0.2, 0) is 9.59 Å². The largest absolute Gasteiger partial charge is 0.347 e. The van der Waals surface area contributed by atoms with E-state index in [1.165, 1.54) is 4.90 Å². The molecule has 0 unspecified atom stereocenters. The molecule has 0 spiro atoms. The highest BCUT2D eigenvalue weighted by molar-refractivity contribution is 5.94. The number of likely N-dealkylation sites (N-methyl/N-ethyl adjacent to an activating group) is 1. The van der Waals surface area contributed by atoms with E-state index in [2.05, 4.69) is 9.97 Å². The van der Waals surface area contributed by atoms with Gasteiger partial charge in [0.2, 0.25) is 11.8 Å². The fraction of sp³-hybridized carbons (Fsp3) is 0.611. The van der Waals surface area contributed by atoms with E-state index < -0.39 is 0 Å². The maximum absolute atomic E-state index is 13.0. The van der Waals surface area contributed by atoms with Crippen LogP contribution in [0.15, 0.2) is 6.07 Å². The van der Waals surface area contributed by atoms with Gasteiger partial charge in [-0.05, 0) is 32.8 Å². The van der Waals surface area contributed by atoms with Crippen LogP contribution in [0.1, 0.15) is 34.8 Å². The molecular weight excluding hydrogens is 334 g/mol. The van der Waals surface area contributed by atoms with Crippen LogP contribution in [0.25, 0.3) is 0 Å². The molecule has 2 atom stereocenters. The first-order chi connectivity index (χ1) is 12.3. The molecule has 2 bridgehead atoms. The highest BCUT2D eigenvalue weighted by Crippen LogP contribution is 2.29. The average molecular weight is 359 g/mol. The lowest BCUT2D eigenvalue weighted by atomic mass is 9.94. The Hall–Kier alpha value is -2.51. The minimum Gasteiger partial charge on any atom is -0.347 e. The molecule has 4 heterocycles. The number of fused-ring (bicyclic) bond motifs is 4. The Morgan fingerprint density at radius 1 is 1.19 bits per heavy atom. The third-order valence-electron chi connectivity index (χ3n) is 5.07. The second-order valence-electron chi connectivity index (χ2n) is 7.33. The summed E-state index contributed by atoms with van der Waals surface area (Å²) in [5.74, 6) is -0.00571. The van der Waals surface area contributed by atoms with Crippen molar-refractivity contribution in [1.82, 2.24) is 24.7 Å². The zero-order chi connectivity index (χ0) is 19.0. The quantitative estimate of drug-likeness (QED) is 0.772. The number of amides is 3. The summed E-state index contributed by atoms with van der Waals surface area (Å²) in [6.07, 6.45) is 1.56. The highest BCUT2D eigenvalue weighted by Gasteiger charge is 2.42. The molecule has 3 amide bonds. The standard InChI is InChI=1S/C18H25N5O3/c1-11-7-15(20-12(2)19-11)18(26)22-8-13-5-6-14(9-22)23(17(13)25)10-16(24)21(3)4/h7,13-14H,5-6,8-10H2,1-4H3/t13-,14+/m0/s1. The molecule has 3 aliphatic heterocycles. The van der Waals surface area contributed by atoms with Crippen molar-refractivity contribution in [2.24, 2.45) is 5.92 Å². The smallest absolute Gasteiger partial charge is 0.272 e. The minimum absolute atomic E-state index is 0.0261. The van der Waals surface area contributed by atoms with Crippen molar-refractivity contribution in [3.05, 3.63) is 23.3 Å². The van der Waals surface area contributed by atoms with E-state index in [-0.39, 0.29) is 36.2 Å². The summed E-state index contributed by atoms with van der Waals surface area (Å²) >= 11 is 0. The summed E-state index contributed by atoms with van der Waals surface area (Å²) < 4.78 is 0. The molecule has 0 saturated carbocycles. The third-order valence-corrected chi connectivity index (χ3v) is 5.07. The van der Waals surface area contributed by atoms with Gasteiger partial charge in [0.1, 0.15) is 18.1 Å². The van der Waals surface area contributed by atoms with Crippen molar-refractivity contribution in [3.63, 3.8) is 0 Å². The number of rotatable bonds is 3. The van der Waals surface area contributed by atoms with Crippen molar-refractivity contribution in [2.75, 3.05) is 33.7 Å². The fourth-order valence-electron chi connectivity index (χ4n) is 3.69. The second-order valence-corrected chi connectivity index (χ2v) is 7.33. The summed E-state index contributed by atoms with van der Waals surface area (Å²) in [5.41, 5.74) is 1.10. The molecule has 0 aliphatic carbocycles. The van der Waals surface area contributed by atoms with Crippen molar-refractivity contribution in [3.8, 4) is 0 Å². The van der Waals surface area contributed by atoms with Gasteiger partial charge in [-0.15, -0.1) is 0 Å². The lowest BCUT2D eigenvalue weighted by molar-refractivity contribution is -0.145. The summed E-state index contributed by atoms with van der Waals surface area (Å²) in [6, 6.07) is 1.55. The van der Waals surface area contributed by atoms with Crippen LogP contribution in [0.3, 0.4) is 0 Å². The monoisotopic (exact) mass is 359 g/mol. The van der Waals surface area contributed by atoms with Gasteiger partial charge in [0.15, 0.2) is 0 Å². The van der Waals surface area contributed by atoms with Crippen molar-refractivity contribution in [1.29, 1.82) is 0 Å². The van der Waals surface area contributed by atoms with E-state index in [0.29, 0.717) is 24.6 Å². The zero-order valence-corrected chi connectivity index (χ0v) is 15.7. The Kier molecular flexibility index (Phi) is 4.93. The highest BCUT2D eigenvalue weighted by atomic mass is 16.2. The molecule has 3 aliphatic rings. The lowest BCUT2D eigenvalue weighted by Crippen LogP contribution is -2.51. The molecule has 1 aromatic heterocycles. The first-order valence-electron chi connectivity index (χ1n) is 8.88. The molecule has 8 heteroatoms. The molecule has 26 heavy (non-hydrogen) atoms. The molecule has 0 N–H and O–H groups in total. The van der Waals surface area contributed by atoms with Crippen LogP contribution in [-0.4, -0.2) is 82.2 Å². The summed E-state index contributed by atoms with van der Waals surface area (Å²) in [6.45, 7) is 4.47. The Labute approximate surface area is 153 Å². The molecule has 140 valence electrons. The van der Waals surface area contributed by atoms with Crippen molar-refractivity contribution >= 4 is 17.7 Å². The summed E-state index contributed by atoms with van der Waals surface area (Å²) in [7, 11) is 3.36. The SMILES string of the molecule is Cc1cc(C(=O)N2C[C@@H]3CC[C@H](C2)N(CC(=O)N(C)C)C3=O)nc(C)n1. The molecule has 3 fully saturated rings.